The van der Waals surface area contributed by atoms with Gasteiger partial charge in [0.25, 0.3) is 5.91 Å². The Balaban J connectivity index is 1.66. The molecule has 0 radical (unpaired) electrons. The molecule has 2 aromatic rings. The first-order chi connectivity index (χ1) is 11.5. The fourth-order valence-corrected chi connectivity index (χ4v) is 2.67. The van der Waals surface area contributed by atoms with E-state index in [2.05, 4.69) is 6.58 Å². The van der Waals surface area contributed by atoms with Crippen LogP contribution < -0.4 is 0 Å². The van der Waals surface area contributed by atoms with E-state index >= 15 is 0 Å². The third-order valence-corrected chi connectivity index (χ3v) is 3.97. The van der Waals surface area contributed by atoms with Gasteiger partial charge in [0, 0.05) is 16.8 Å². The fraction of sp³-hybridized carbons (Fsp3) is 0.158. The van der Waals surface area contributed by atoms with E-state index < -0.39 is 12.1 Å². The Bertz CT molecular complexity index is 779. The van der Waals surface area contributed by atoms with Crippen LogP contribution in [0.5, 0.6) is 0 Å². The fourth-order valence-electron chi connectivity index (χ4n) is 2.67. The Morgan fingerprint density at radius 2 is 1.79 bits per heavy atom. The number of ether oxygens (including phenoxy) is 1. The molecule has 0 fully saturated rings. The zero-order chi connectivity index (χ0) is 17.3. The Morgan fingerprint density at radius 1 is 1.17 bits per heavy atom. The van der Waals surface area contributed by atoms with Crippen LogP contribution in [0.1, 0.15) is 34.5 Å². The molecule has 0 aliphatic carbocycles. The minimum atomic E-state index is -0.547. The third-order valence-electron chi connectivity index (χ3n) is 3.97. The number of carbonyl (C=O) groups is 2. The number of benzene rings is 2. The number of rotatable bonds is 4. The van der Waals surface area contributed by atoms with Crippen LogP contribution in [0.25, 0.3) is 5.70 Å². The van der Waals surface area contributed by atoms with Crippen molar-refractivity contribution < 1.29 is 18.7 Å². The van der Waals surface area contributed by atoms with Crippen molar-refractivity contribution in [2.45, 2.75) is 13.0 Å². The van der Waals surface area contributed by atoms with Gasteiger partial charge in [-0.3, -0.25) is 14.5 Å². The zero-order valence-corrected chi connectivity index (χ0v) is 13.2. The summed E-state index contributed by atoms with van der Waals surface area (Å²) < 4.78 is 18.3. The number of nitrogens with zero attached hydrogens (tertiary/aromatic N) is 1. The van der Waals surface area contributed by atoms with Gasteiger partial charge in [-0.05, 0) is 30.7 Å². The predicted octanol–water partition coefficient (Wildman–Crippen LogP) is 3.56. The van der Waals surface area contributed by atoms with Gasteiger partial charge in [-0.2, -0.15) is 0 Å². The normalized spacial score (nSPS) is 14.5. The lowest BCUT2D eigenvalue weighted by Crippen LogP contribution is -2.30. The molecule has 5 heteroatoms. The number of hydrogen-bond donors (Lipinski definition) is 0. The summed E-state index contributed by atoms with van der Waals surface area (Å²) >= 11 is 0. The maximum absolute atomic E-state index is 12.9. The van der Waals surface area contributed by atoms with Gasteiger partial charge in [0.15, 0.2) is 0 Å². The van der Waals surface area contributed by atoms with E-state index in [-0.39, 0.29) is 18.3 Å². The van der Waals surface area contributed by atoms with Crippen molar-refractivity contribution in [2.24, 2.45) is 0 Å². The second-order valence-corrected chi connectivity index (χ2v) is 5.57. The molecule has 0 aromatic heterocycles. The van der Waals surface area contributed by atoms with E-state index in [9.17, 15) is 14.0 Å². The average Bonchev–Trinajstić information content (AvgIpc) is 2.81. The minimum absolute atomic E-state index is 0.210. The van der Waals surface area contributed by atoms with Crippen LogP contribution >= 0.6 is 0 Å². The van der Waals surface area contributed by atoms with E-state index in [4.69, 9.17) is 4.74 Å². The van der Waals surface area contributed by atoms with Gasteiger partial charge in [-0.25, -0.2) is 4.39 Å². The average molecular weight is 325 g/mol. The molecule has 0 N–H and O–H groups in total. The van der Waals surface area contributed by atoms with Crippen LogP contribution in [-0.2, 0) is 9.53 Å². The number of halogens is 1. The molecule has 4 nitrogen and oxygen atoms in total. The van der Waals surface area contributed by atoms with Crippen molar-refractivity contribution in [3.8, 4) is 0 Å². The van der Waals surface area contributed by atoms with E-state index in [0.29, 0.717) is 16.8 Å². The summed E-state index contributed by atoms with van der Waals surface area (Å²) in [6.07, 6.45) is -0.536. The maximum Gasteiger partial charge on any atom is 0.326 e. The maximum atomic E-state index is 12.9. The summed E-state index contributed by atoms with van der Waals surface area (Å²) in [6, 6.07) is 12.8. The molecule has 1 unspecified atom stereocenters. The van der Waals surface area contributed by atoms with Gasteiger partial charge in [-0.15, -0.1) is 0 Å². The Labute approximate surface area is 139 Å². The lowest BCUT2D eigenvalue weighted by atomic mass is 10.1. The molecule has 1 atom stereocenters. The number of amides is 1. The zero-order valence-electron chi connectivity index (χ0n) is 13.2. The Kier molecular flexibility index (Phi) is 4.16. The molecule has 3 rings (SSSR count). The number of carbonyl (C=O) groups excluding carboxylic acids is 2. The summed E-state index contributed by atoms with van der Waals surface area (Å²) in [5.74, 6) is -1.16. The smallest absolute Gasteiger partial charge is 0.326 e. The monoisotopic (exact) mass is 325 g/mol. The molecular weight excluding hydrogens is 309 g/mol. The third kappa shape index (κ3) is 2.93. The largest absolute Gasteiger partial charge is 0.456 e. The van der Waals surface area contributed by atoms with E-state index in [0.717, 1.165) is 5.56 Å². The molecule has 0 saturated carbocycles. The molecule has 1 heterocycles. The molecule has 0 bridgehead atoms. The van der Waals surface area contributed by atoms with Gasteiger partial charge in [-0.1, -0.05) is 36.9 Å². The predicted molar refractivity (Wildman–Crippen MR) is 87.4 cm³/mol. The second kappa shape index (κ2) is 6.28. The molecule has 2 aromatic carbocycles. The van der Waals surface area contributed by atoms with Gasteiger partial charge < -0.3 is 4.74 Å². The molecule has 0 spiro atoms. The minimum Gasteiger partial charge on any atom is -0.456 e. The molecule has 1 aliphatic rings. The van der Waals surface area contributed by atoms with Crippen LogP contribution in [0.15, 0.2) is 55.1 Å². The van der Waals surface area contributed by atoms with Gasteiger partial charge in [0.1, 0.15) is 18.5 Å². The van der Waals surface area contributed by atoms with Gasteiger partial charge in [0.2, 0.25) is 0 Å². The van der Waals surface area contributed by atoms with E-state index in [1.165, 1.54) is 17.0 Å². The first-order valence-electron chi connectivity index (χ1n) is 7.52. The number of esters is 1. The highest BCUT2D eigenvalue weighted by atomic mass is 19.1. The molecule has 0 saturated heterocycles. The summed E-state index contributed by atoms with van der Waals surface area (Å²) in [5, 5.41) is 0. The summed E-state index contributed by atoms with van der Waals surface area (Å²) in [5.41, 5.74) is 2.42. The van der Waals surface area contributed by atoms with Crippen molar-refractivity contribution in [2.75, 3.05) is 6.54 Å². The SMILES string of the molecule is C=C1c2ccccc2C(=O)N1CC(=O)OC(C)c1ccc(F)cc1. The van der Waals surface area contributed by atoms with Crippen LogP contribution in [0.2, 0.25) is 0 Å². The first-order valence-corrected chi connectivity index (χ1v) is 7.52. The quantitative estimate of drug-likeness (QED) is 0.808. The summed E-state index contributed by atoms with van der Waals surface area (Å²) in [4.78, 5) is 25.8. The van der Waals surface area contributed by atoms with E-state index in [1.54, 1.807) is 37.3 Å². The lowest BCUT2D eigenvalue weighted by molar-refractivity contribution is -0.148. The van der Waals surface area contributed by atoms with Gasteiger partial charge >= 0.3 is 5.97 Å². The van der Waals surface area contributed by atoms with Crippen LogP contribution in [0.4, 0.5) is 4.39 Å². The second-order valence-electron chi connectivity index (χ2n) is 5.57. The van der Waals surface area contributed by atoms with Crippen LogP contribution in [0.3, 0.4) is 0 Å². The molecule has 1 aliphatic heterocycles. The molecule has 24 heavy (non-hydrogen) atoms. The van der Waals surface area contributed by atoms with Crippen molar-refractivity contribution in [3.05, 3.63) is 77.6 Å². The van der Waals surface area contributed by atoms with Crippen LogP contribution in [-0.4, -0.2) is 23.3 Å². The van der Waals surface area contributed by atoms with Crippen molar-refractivity contribution >= 4 is 17.6 Å². The molecule has 122 valence electrons. The first kappa shape index (κ1) is 15.9. The van der Waals surface area contributed by atoms with Crippen molar-refractivity contribution in [3.63, 3.8) is 0 Å². The topological polar surface area (TPSA) is 46.6 Å². The molecular formula is C19H16FNO3. The number of hydrogen-bond acceptors (Lipinski definition) is 3. The Morgan fingerprint density at radius 3 is 2.42 bits per heavy atom. The molecule has 1 amide bonds. The van der Waals surface area contributed by atoms with Crippen LogP contribution in [0, 0.1) is 5.82 Å². The van der Waals surface area contributed by atoms with Crippen molar-refractivity contribution in [1.29, 1.82) is 0 Å². The summed E-state index contributed by atoms with van der Waals surface area (Å²) in [7, 11) is 0. The number of fused-ring (bicyclic) bond motifs is 1. The highest BCUT2D eigenvalue weighted by Gasteiger charge is 2.32. The summed E-state index contributed by atoms with van der Waals surface area (Å²) in [6.45, 7) is 5.37. The Hall–Kier alpha value is -2.95. The highest BCUT2D eigenvalue weighted by Crippen LogP contribution is 2.31. The highest BCUT2D eigenvalue weighted by molar-refractivity contribution is 6.10. The standard InChI is InChI=1S/C19H16FNO3/c1-12-16-5-3-4-6-17(16)19(23)21(12)11-18(22)24-13(2)14-7-9-15(20)10-8-14/h3-10,13H,1,11H2,2H3. The van der Waals surface area contributed by atoms with Gasteiger partial charge in [0.05, 0.1) is 0 Å². The van der Waals surface area contributed by atoms with E-state index in [1.807, 2.05) is 6.07 Å². The lowest BCUT2D eigenvalue weighted by Gasteiger charge is -2.19. The van der Waals surface area contributed by atoms with Crippen molar-refractivity contribution in [1.82, 2.24) is 4.90 Å².